The number of sulfonamides is 1. The molecular weight excluding hydrogens is 302 g/mol. The first-order valence-electron chi connectivity index (χ1n) is 6.78. The van der Waals surface area contributed by atoms with Crippen LogP contribution in [0.25, 0.3) is 0 Å². The molecule has 0 saturated carbocycles. The fraction of sp³-hybridized carbons (Fsp3) is 0.200. The van der Waals surface area contributed by atoms with Crippen molar-refractivity contribution in [3.63, 3.8) is 0 Å². The molecular formula is C15H15N3O3S. The summed E-state index contributed by atoms with van der Waals surface area (Å²) in [5.41, 5.74) is 2.00. The molecule has 1 N–H and O–H groups in total. The number of benzene rings is 1. The van der Waals surface area contributed by atoms with Crippen LogP contribution in [-0.2, 0) is 16.4 Å². The minimum absolute atomic E-state index is 0.265. The largest absolute Gasteiger partial charge is 0.307 e. The SMILES string of the molecule is CS(=O)(=O)N1CCc2cc(C(=O)Nc3ccccn3)ccc21. The zero-order valence-corrected chi connectivity index (χ0v) is 12.8. The second-order valence-electron chi connectivity index (χ2n) is 5.10. The zero-order chi connectivity index (χ0) is 15.7. The van der Waals surface area contributed by atoms with E-state index in [0.29, 0.717) is 30.0 Å². The van der Waals surface area contributed by atoms with Crippen molar-refractivity contribution in [2.75, 3.05) is 22.4 Å². The van der Waals surface area contributed by atoms with E-state index < -0.39 is 10.0 Å². The Balaban J connectivity index is 1.85. The Labute approximate surface area is 128 Å². The van der Waals surface area contributed by atoms with Crippen LogP contribution in [0, 0.1) is 0 Å². The number of aromatic nitrogens is 1. The molecule has 0 fully saturated rings. The number of fused-ring (bicyclic) bond motifs is 1. The zero-order valence-electron chi connectivity index (χ0n) is 12.0. The number of hydrogen-bond donors (Lipinski definition) is 1. The number of carbonyl (C=O) groups excluding carboxylic acids is 1. The van der Waals surface area contributed by atoms with Gasteiger partial charge in [0.15, 0.2) is 0 Å². The second kappa shape index (κ2) is 5.42. The van der Waals surface area contributed by atoms with Crippen LogP contribution in [-0.4, -0.2) is 32.1 Å². The lowest BCUT2D eigenvalue weighted by atomic mass is 10.1. The molecule has 0 saturated heterocycles. The Morgan fingerprint density at radius 2 is 2.09 bits per heavy atom. The Morgan fingerprint density at radius 3 is 2.77 bits per heavy atom. The van der Waals surface area contributed by atoms with E-state index in [1.807, 2.05) is 0 Å². The van der Waals surface area contributed by atoms with Crippen LogP contribution in [0.3, 0.4) is 0 Å². The molecule has 1 amide bonds. The van der Waals surface area contributed by atoms with Crippen molar-refractivity contribution in [2.24, 2.45) is 0 Å². The number of hydrogen-bond acceptors (Lipinski definition) is 4. The van der Waals surface area contributed by atoms with Gasteiger partial charge in [-0.3, -0.25) is 9.10 Å². The summed E-state index contributed by atoms with van der Waals surface area (Å²) in [6.45, 7) is 0.416. The lowest BCUT2D eigenvalue weighted by molar-refractivity contribution is 0.102. The highest BCUT2D eigenvalue weighted by atomic mass is 32.2. The number of pyridine rings is 1. The molecule has 0 atom stereocenters. The third-order valence-electron chi connectivity index (χ3n) is 3.50. The lowest BCUT2D eigenvalue weighted by Gasteiger charge is -2.16. The van der Waals surface area contributed by atoms with E-state index in [-0.39, 0.29) is 5.91 Å². The maximum Gasteiger partial charge on any atom is 0.256 e. The Kier molecular flexibility index (Phi) is 3.58. The number of carbonyl (C=O) groups is 1. The molecule has 3 rings (SSSR count). The van der Waals surface area contributed by atoms with E-state index in [1.54, 1.807) is 42.6 Å². The molecule has 7 heteroatoms. The van der Waals surface area contributed by atoms with Gasteiger partial charge in [-0.2, -0.15) is 0 Å². The predicted octanol–water partition coefficient (Wildman–Crippen LogP) is 1.66. The summed E-state index contributed by atoms with van der Waals surface area (Å²) in [6, 6.07) is 10.3. The van der Waals surface area contributed by atoms with Gasteiger partial charge in [0.25, 0.3) is 5.91 Å². The summed E-state index contributed by atoms with van der Waals surface area (Å²) in [7, 11) is -3.27. The molecule has 0 spiro atoms. The average molecular weight is 317 g/mol. The van der Waals surface area contributed by atoms with E-state index in [4.69, 9.17) is 0 Å². The maximum absolute atomic E-state index is 12.2. The smallest absolute Gasteiger partial charge is 0.256 e. The topological polar surface area (TPSA) is 79.4 Å². The van der Waals surface area contributed by atoms with Crippen molar-refractivity contribution in [3.05, 3.63) is 53.7 Å². The average Bonchev–Trinajstić information content (AvgIpc) is 2.91. The van der Waals surface area contributed by atoms with Crippen LogP contribution in [0.4, 0.5) is 11.5 Å². The minimum atomic E-state index is -3.27. The maximum atomic E-state index is 12.2. The molecule has 0 bridgehead atoms. The highest BCUT2D eigenvalue weighted by molar-refractivity contribution is 7.92. The van der Waals surface area contributed by atoms with E-state index in [9.17, 15) is 13.2 Å². The predicted molar refractivity (Wildman–Crippen MR) is 84.5 cm³/mol. The molecule has 1 aromatic carbocycles. The van der Waals surface area contributed by atoms with Gasteiger partial charge in [0.2, 0.25) is 10.0 Å². The first-order chi connectivity index (χ1) is 10.4. The molecule has 1 aliphatic heterocycles. The number of amides is 1. The lowest BCUT2D eigenvalue weighted by Crippen LogP contribution is -2.27. The van der Waals surface area contributed by atoms with Crippen molar-refractivity contribution in [2.45, 2.75) is 6.42 Å². The van der Waals surface area contributed by atoms with E-state index in [2.05, 4.69) is 10.3 Å². The van der Waals surface area contributed by atoms with Crippen molar-refractivity contribution >= 4 is 27.4 Å². The summed E-state index contributed by atoms with van der Waals surface area (Å²) in [5.74, 6) is 0.213. The van der Waals surface area contributed by atoms with Gasteiger partial charge in [0, 0.05) is 18.3 Å². The number of nitrogens with zero attached hydrogens (tertiary/aromatic N) is 2. The quantitative estimate of drug-likeness (QED) is 0.933. The van der Waals surface area contributed by atoms with Gasteiger partial charge >= 0.3 is 0 Å². The summed E-state index contributed by atoms with van der Waals surface area (Å²) in [6.07, 6.45) is 3.39. The second-order valence-corrected chi connectivity index (χ2v) is 7.00. The fourth-order valence-electron chi connectivity index (χ4n) is 2.48. The number of nitrogens with one attached hydrogen (secondary N) is 1. The van der Waals surface area contributed by atoms with Crippen molar-refractivity contribution in [3.8, 4) is 0 Å². The minimum Gasteiger partial charge on any atom is -0.307 e. The Hall–Kier alpha value is -2.41. The summed E-state index contributed by atoms with van der Waals surface area (Å²) in [4.78, 5) is 16.3. The number of anilines is 2. The fourth-order valence-corrected chi connectivity index (χ4v) is 3.44. The van der Waals surface area contributed by atoms with Crippen LogP contribution in [0.1, 0.15) is 15.9 Å². The highest BCUT2D eigenvalue weighted by Gasteiger charge is 2.26. The summed E-state index contributed by atoms with van der Waals surface area (Å²) < 4.78 is 24.8. The third kappa shape index (κ3) is 2.80. The molecule has 0 radical (unpaired) electrons. The third-order valence-corrected chi connectivity index (χ3v) is 4.68. The normalized spacial score (nSPS) is 13.8. The number of rotatable bonds is 3. The van der Waals surface area contributed by atoms with Crippen LogP contribution in [0.2, 0.25) is 0 Å². The van der Waals surface area contributed by atoms with Crippen LogP contribution < -0.4 is 9.62 Å². The first-order valence-corrected chi connectivity index (χ1v) is 8.63. The van der Waals surface area contributed by atoms with Crippen molar-refractivity contribution < 1.29 is 13.2 Å². The van der Waals surface area contributed by atoms with Crippen molar-refractivity contribution in [1.29, 1.82) is 0 Å². The van der Waals surface area contributed by atoms with E-state index in [1.165, 1.54) is 10.6 Å². The monoisotopic (exact) mass is 317 g/mol. The molecule has 0 aliphatic carbocycles. The Bertz CT molecular complexity index is 819. The molecule has 22 heavy (non-hydrogen) atoms. The van der Waals surface area contributed by atoms with E-state index in [0.717, 1.165) is 5.56 Å². The van der Waals surface area contributed by atoms with Gasteiger partial charge in [-0.15, -0.1) is 0 Å². The van der Waals surface area contributed by atoms with Crippen LogP contribution in [0.5, 0.6) is 0 Å². The van der Waals surface area contributed by atoms with Gasteiger partial charge in [-0.1, -0.05) is 6.07 Å². The molecule has 1 aliphatic rings. The molecule has 2 heterocycles. The van der Waals surface area contributed by atoms with Gasteiger partial charge in [-0.25, -0.2) is 13.4 Å². The van der Waals surface area contributed by atoms with Gasteiger partial charge < -0.3 is 5.32 Å². The summed E-state index contributed by atoms with van der Waals surface area (Å²) in [5, 5.41) is 2.71. The van der Waals surface area contributed by atoms with Gasteiger partial charge in [0.05, 0.1) is 11.9 Å². The van der Waals surface area contributed by atoms with Crippen LogP contribution >= 0.6 is 0 Å². The molecule has 0 unspecified atom stereocenters. The molecule has 114 valence electrons. The van der Waals surface area contributed by atoms with Crippen molar-refractivity contribution in [1.82, 2.24) is 4.98 Å². The van der Waals surface area contributed by atoms with E-state index >= 15 is 0 Å². The molecule has 1 aromatic heterocycles. The molecule has 6 nitrogen and oxygen atoms in total. The van der Waals surface area contributed by atoms with Gasteiger partial charge in [0.1, 0.15) is 5.82 Å². The summed E-state index contributed by atoms with van der Waals surface area (Å²) >= 11 is 0. The van der Waals surface area contributed by atoms with Gasteiger partial charge in [-0.05, 0) is 42.3 Å². The standard InChI is InChI=1S/C15H15N3O3S/c1-22(20,21)18-9-7-11-10-12(5-6-13(11)18)15(19)17-14-4-2-3-8-16-14/h2-6,8,10H,7,9H2,1H3,(H,16,17,19). The Morgan fingerprint density at radius 1 is 1.27 bits per heavy atom. The van der Waals surface area contributed by atoms with Crippen LogP contribution in [0.15, 0.2) is 42.6 Å². The first kappa shape index (κ1) is 14.5. The molecule has 2 aromatic rings. The highest BCUT2D eigenvalue weighted by Crippen LogP contribution is 2.30.